The lowest BCUT2D eigenvalue weighted by Crippen LogP contribution is -1.97. The highest BCUT2D eigenvalue weighted by molar-refractivity contribution is 9.10. The largest absolute Gasteiger partial charge is 0.493 e. The number of rotatable bonds is 6. The second kappa shape index (κ2) is 7.57. The lowest BCUT2D eigenvalue weighted by atomic mass is 10.1. The summed E-state index contributed by atoms with van der Waals surface area (Å²) in [6, 6.07) is 9.63. The Morgan fingerprint density at radius 1 is 1.33 bits per heavy atom. The van der Waals surface area contributed by atoms with E-state index in [4.69, 9.17) is 4.74 Å². The molecule has 0 radical (unpaired) electrons. The van der Waals surface area contributed by atoms with Gasteiger partial charge in [0.15, 0.2) is 5.78 Å². The van der Waals surface area contributed by atoms with Crippen LogP contribution >= 0.6 is 27.3 Å². The number of hydrogen-bond donors (Lipinski definition) is 0. The van der Waals surface area contributed by atoms with E-state index < -0.39 is 0 Å². The third kappa shape index (κ3) is 4.55. The number of aryl methyl sites for hydroxylation is 1. The van der Waals surface area contributed by atoms with Crippen molar-refractivity contribution < 1.29 is 9.53 Å². The summed E-state index contributed by atoms with van der Waals surface area (Å²) < 4.78 is 6.67. The van der Waals surface area contributed by atoms with E-state index in [-0.39, 0.29) is 5.78 Å². The molecule has 0 N–H and O–H groups in total. The van der Waals surface area contributed by atoms with Crippen LogP contribution in [0.25, 0.3) is 6.08 Å². The minimum atomic E-state index is 0.0227. The number of thiophene rings is 1. The van der Waals surface area contributed by atoms with Crippen LogP contribution in [0.1, 0.15) is 33.5 Å². The minimum absolute atomic E-state index is 0.0227. The van der Waals surface area contributed by atoms with Gasteiger partial charge in [-0.05, 0) is 55.8 Å². The van der Waals surface area contributed by atoms with Gasteiger partial charge in [-0.15, -0.1) is 11.3 Å². The van der Waals surface area contributed by atoms with Crippen LogP contribution < -0.4 is 4.74 Å². The number of ketones is 1. The predicted octanol–water partition coefficient (Wildman–Crippen LogP) is 5.50. The highest BCUT2D eigenvalue weighted by Crippen LogP contribution is 2.25. The Labute approximate surface area is 137 Å². The van der Waals surface area contributed by atoms with Crippen molar-refractivity contribution >= 4 is 39.1 Å². The molecule has 110 valence electrons. The van der Waals surface area contributed by atoms with Crippen LogP contribution in [0.3, 0.4) is 0 Å². The highest BCUT2D eigenvalue weighted by Gasteiger charge is 2.06. The molecule has 0 spiro atoms. The van der Waals surface area contributed by atoms with E-state index in [9.17, 15) is 4.79 Å². The molecule has 0 aliphatic heterocycles. The van der Waals surface area contributed by atoms with Gasteiger partial charge >= 0.3 is 0 Å². The van der Waals surface area contributed by atoms with Crippen molar-refractivity contribution in [2.45, 2.75) is 20.3 Å². The number of halogens is 1. The Balaban J connectivity index is 2.19. The highest BCUT2D eigenvalue weighted by atomic mass is 79.9. The van der Waals surface area contributed by atoms with E-state index in [1.165, 1.54) is 11.3 Å². The van der Waals surface area contributed by atoms with E-state index in [1.807, 2.05) is 43.3 Å². The van der Waals surface area contributed by atoms with Gasteiger partial charge in [0, 0.05) is 14.9 Å². The maximum atomic E-state index is 12.1. The summed E-state index contributed by atoms with van der Waals surface area (Å²) in [5.41, 5.74) is 0.902. The smallest absolute Gasteiger partial charge is 0.195 e. The standard InChI is InChI=1S/C17H17BrO2S/c1-3-10-20-16-8-6-14(18)11-13(16)5-7-15(19)17-9-4-12(2)21-17/h4-9,11H,3,10H2,1-2H3/b7-5+. The third-order valence-electron chi connectivity index (χ3n) is 2.83. The quantitative estimate of drug-likeness (QED) is 0.499. The molecule has 0 aliphatic carbocycles. The summed E-state index contributed by atoms with van der Waals surface area (Å²) in [6.07, 6.45) is 4.37. The van der Waals surface area contributed by atoms with Crippen LogP contribution in [0.4, 0.5) is 0 Å². The normalized spacial score (nSPS) is 11.0. The average molecular weight is 365 g/mol. The number of allylic oxidation sites excluding steroid dienone is 1. The first-order valence-corrected chi connectivity index (χ1v) is 8.42. The molecule has 0 amide bonds. The van der Waals surface area contributed by atoms with Crippen LogP contribution in [0.15, 0.2) is 40.9 Å². The van der Waals surface area contributed by atoms with Crippen molar-refractivity contribution in [3.8, 4) is 5.75 Å². The fraction of sp³-hybridized carbons (Fsp3) is 0.235. The van der Waals surface area contributed by atoms with Crippen molar-refractivity contribution in [1.29, 1.82) is 0 Å². The molecule has 0 saturated heterocycles. The molecule has 2 rings (SSSR count). The van der Waals surface area contributed by atoms with E-state index in [1.54, 1.807) is 6.08 Å². The number of carbonyl (C=O) groups is 1. The van der Waals surface area contributed by atoms with Crippen LogP contribution in [-0.2, 0) is 0 Å². The van der Waals surface area contributed by atoms with E-state index in [2.05, 4.69) is 22.9 Å². The maximum absolute atomic E-state index is 12.1. The monoisotopic (exact) mass is 364 g/mol. The lowest BCUT2D eigenvalue weighted by Gasteiger charge is -2.08. The SMILES string of the molecule is CCCOc1ccc(Br)cc1/C=C/C(=O)c1ccc(C)s1. The lowest BCUT2D eigenvalue weighted by molar-refractivity contribution is 0.105. The molecule has 21 heavy (non-hydrogen) atoms. The molecule has 2 nitrogen and oxygen atoms in total. The van der Waals surface area contributed by atoms with E-state index >= 15 is 0 Å². The summed E-state index contributed by atoms with van der Waals surface area (Å²) >= 11 is 4.96. The second-order valence-electron chi connectivity index (χ2n) is 4.64. The third-order valence-corrected chi connectivity index (χ3v) is 4.34. The maximum Gasteiger partial charge on any atom is 0.195 e. The molecule has 0 aliphatic rings. The molecule has 1 aromatic carbocycles. The topological polar surface area (TPSA) is 26.3 Å². The van der Waals surface area contributed by atoms with Crippen LogP contribution in [0.2, 0.25) is 0 Å². The van der Waals surface area contributed by atoms with Gasteiger partial charge in [-0.3, -0.25) is 4.79 Å². The van der Waals surface area contributed by atoms with Gasteiger partial charge in [0.2, 0.25) is 0 Å². The zero-order valence-electron chi connectivity index (χ0n) is 12.1. The Kier molecular flexibility index (Phi) is 5.76. The Morgan fingerprint density at radius 2 is 2.14 bits per heavy atom. The number of benzene rings is 1. The summed E-state index contributed by atoms with van der Waals surface area (Å²) in [4.78, 5) is 14.0. The zero-order chi connectivity index (χ0) is 15.2. The fourth-order valence-corrected chi connectivity index (χ4v) is 2.97. The first-order valence-electron chi connectivity index (χ1n) is 6.81. The van der Waals surface area contributed by atoms with Crippen molar-refractivity contribution in [2.75, 3.05) is 6.61 Å². The molecule has 4 heteroatoms. The van der Waals surface area contributed by atoms with Gasteiger partial charge < -0.3 is 4.74 Å². The summed E-state index contributed by atoms with van der Waals surface area (Å²) in [5, 5.41) is 0. The molecular weight excluding hydrogens is 348 g/mol. The molecule has 0 unspecified atom stereocenters. The Hall–Kier alpha value is -1.39. The van der Waals surface area contributed by atoms with Gasteiger partial charge in [-0.2, -0.15) is 0 Å². The van der Waals surface area contributed by atoms with Crippen LogP contribution in [-0.4, -0.2) is 12.4 Å². The van der Waals surface area contributed by atoms with Crippen LogP contribution in [0.5, 0.6) is 5.75 Å². The van der Waals surface area contributed by atoms with Crippen molar-refractivity contribution in [2.24, 2.45) is 0 Å². The molecule has 1 heterocycles. The Morgan fingerprint density at radius 3 is 2.81 bits per heavy atom. The van der Waals surface area contributed by atoms with Gasteiger partial charge in [0.25, 0.3) is 0 Å². The fourth-order valence-electron chi connectivity index (χ4n) is 1.81. The average Bonchev–Trinajstić information content (AvgIpc) is 2.90. The first-order chi connectivity index (χ1) is 10.1. The summed E-state index contributed by atoms with van der Waals surface area (Å²) in [6.45, 7) is 4.73. The van der Waals surface area contributed by atoms with Gasteiger partial charge in [0.05, 0.1) is 11.5 Å². The van der Waals surface area contributed by atoms with Crippen LogP contribution in [0, 0.1) is 6.92 Å². The number of ether oxygens (including phenoxy) is 1. The zero-order valence-corrected chi connectivity index (χ0v) is 14.5. The molecular formula is C17H17BrO2S. The molecule has 1 aromatic heterocycles. The minimum Gasteiger partial charge on any atom is -0.493 e. The molecule has 0 fully saturated rings. The van der Waals surface area contributed by atoms with Crippen molar-refractivity contribution in [1.82, 2.24) is 0 Å². The number of carbonyl (C=O) groups excluding carboxylic acids is 1. The van der Waals surface area contributed by atoms with Crippen molar-refractivity contribution in [3.63, 3.8) is 0 Å². The second-order valence-corrected chi connectivity index (χ2v) is 6.84. The molecule has 0 saturated carbocycles. The molecule has 0 atom stereocenters. The predicted molar refractivity (Wildman–Crippen MR) is 92.3 cm³/mol. The van der Waals surface area contributed by atoms with E-state index in [0.29, 0.717) is 6.61 Å². The van der Waals surface area contributed by atoms with E-state index in [0.717, 1.165) is 32.0 Å². The van der Waals surface area contributed by atoms with Gasteiger partial charge in [-0.1, -0.05) is 22.9 Å². The van der Waals surface area contributed by atoms with Gasteiger partial charge in [-0.25, -0.2) is 0 Å². The summed E-state index contributed by atoms with van der Waals surface area (Å²) in [5.74, 6) is 0.820. The number of hydrogen-bond acceptors (Lipinski definition) is 3. The molecule has 0 bridgehead atoms. The molecule has 2 aromatic rings. The Bertz CT molecular complexity index is 659. The van der Waals surface area contributed by atoms with Gasteiger partial charge in [0.1, 0.15) is 5.75 Å². The van der Waals surface area contributed by atoms with Crippen molar-refractivity contribution in [3.05, 3.63) is 56.2 Å². The first kappa shape index (κ1) is 16.0. The summed E-state index contributed by atoms with van der Waals surface area (Å²) in [7, 11) is 0.